The van der Waals surface area contributed by atoms with Crippen LogP contribution in [-0.4, -0.2) is 42.7 Å². The van der Waals surface area contributed by atoms with E-state index in [2.05, 4.69) is 34.6 Å². The Balaban J connectivity index is 1.82. The second-order valence-electron chi connectivity index (χ2n) is 4.77. The van der Waals surface area contributed by atoms with Gasteiger partial charge in [-0.15, -0.1) is 11.3 Å². The van der Waals surface area contributed by atoms with Gasteiger partial charge in [0.1, 0.15) is 5.01 Å². The Kier molecular flexibility index (Phi) is 5.56. The molecule has 1 fully saturated rings. The zero-order chi connectivity index (χ0) is 12.8. The molecule has 0 saturated carbocycles. The normalized spacial score (nSPS) is 17.5. The van der Waals surface area contributed by atoms with E-state index in [1.807, 2.05) is 0 Å². The number of rotatable bonds is 6. The van der Waals surface area contributed by atoms with Gasteiger partial charge in [-0.3, -0.25) is 4.90 Å². The highest BCUT2D eigenvalue weighted by Gasteiger charge is 2.19. The average Bonchev–Trinajstić information content (AvgIpc) is 2.85. The van der Waals surface area contributed by atoms with Crippen molar-refractivity contribution in [3.63, 3.8) is 0 Å². The first-order valence-electron chi connectivity index (χ1n) is 6.71. The smallest absolute Gasteiger partial charge is 0.107 e. The van der Waals surface area contributed by atoms with Crippen molar-refractivity contribution < 1.29 is 4.74 Å². The average molecular weight is 269 g/mol. The third-order valence-electron chi connectivity index (χ3n) is 3.35. The summed E-state index contributed by atoms with van der Waals surface area (Å²) in [5, 5.41) is 6.68. The molecule has 0 atom stereocenters. The topological polar surface area (TPSA) is 37.4 Å². The van der Waals surface area contributed by atoms with Crippen molar-refractivity contribution in [1.29, 1.82) is 0 Å². The highest BCUT2D eigenvalue weighted by atomic mass is 32.1. The molecular weight excluding hydrogens is 246 g/mol. The van der Waals surface area contributed by atoms with Gasteiger partial charge in [0.2, 0.25) is 0 Å². The Morgan fingerprint density at radius 3 is 3.00 bits per heavy atom. The number of nitrogens with zero attached hydrogens (tertiary/aromatic N) is 2. The maximum absolute atomic E-state index is 5.40. The van der Waals surface area contributed by atoms with E-state index in [0.29, 0.717) is 6.04 Å². The molecule has 1 aromatic heterocycles. The molecule has 18 heavy (non-hydrogen) atoms. The quantitative estimate of drug-likeness (QED) is 0.855. The Labute approximate surface area is 113 Å². The lowest BCUT2D eigenvalue weighted by Gasteiger charge is -2.30. The van der Waals surface area contributed by atoms with Gasteiger partial charge in [-0.05, 0) is 26.4 Å². The summed E-state index contributed by atoms with van der Waals surface area (Å²) >= 11 is 1.75. The molecule has 102 valence electrons. The second-order valence-corrected chi connectivity index (χ2v) is 5.71. The highest BCUT2D eigenvalue weighted by molar-refractivity contribution is 7.09. The first kappa shape index (κ1) is 13.9. The fourth-order valence-corrected chi connectivity index (χ4v) is 3.00. The molecule has 1 saturated heterocycles. The number of thiazole rings is 1. The zero-order valence-corrected chi connectivity index (χ0v) is 12.1. The van der Waals surface area contributed by atoms with Gasteiger partial charge in [-0.25, -0.2) is 4.98 Å². The van der Waals surface area contributed by atoms with Crippen LogP contribution < -0.4 is 5.32 Å². The molecule has 1 aliphatic rings. The Morgan fingerprint density at radius 1 is 1.50 bits per heavy atom. The Morgan fingerprint density at radius 2 is 2.28 bits per heavy atom. The molecule has 0 unspecified atom stereocenters. The van der Waals surface area contributed by atoms with Crippen molar-refractivity contribution in [3.05, 3.63) is 16.1 Å². The van der Waals surface area contributed by atoms with Gasteiger partial charge in [0, 0.05) is 37.7 Å². The third kappa shape index (κ3) is 4.02. The van der Waals surface area contributed by atoms with E-state index in [9.17, 15) is 0 Å². The highest BCUT2D eigenvalue weighted by Crippen LogP contribution is 2.17. The van der Waals surface area contributed by atoms with E-state index in [1.54, 1.807) is 11.3 Å². The van der Waals surface area contributed by atoms with Crippen molar-refractivity contribution in [2.24, 2.45) is 0 Å². The van der Waals surface area contributed by atoms with Crippen molar-refractivity contribution in [2.45, 2.75) is 38.9 Å². The maximum atomic E-state index is 5.40. The summed E-state index contributed by atoms with van der Waals surface area (Å²) in [4.78, 5) is 7.08. The number of ether oxygens (including phenoxy) is 1. The van der Waals surface area contributed by atoms with Crippen LogP contribution in [0.15, 0.2) is 5.38 Å². The van der Waals surface area contributed by atoms with Gasteiger partial charge in [0.15, 0.2) is 0 Å². The van der Waals surface area contributed by atoms with E-state index in [4.69, 9.17) is 4.74 Å². The lowest BCUT2D eigenvalue weighted by molar-refractivity contribution is 0.0403. The third-order valence-corrected chi connectivity index (χ3v) is 4.25. The van der Waals surface area contributed by atoms with E-state index in [-0.39, 0.29) is 0 Å². The first-order valence-corrected chi connectivity index (χ1v) is 7.59. The summed E-state index contributed by atoms with van der Waals surface area (Å²) in [5.41, 5.74) is 1.20. The monoisotopic (exact) mass is 269 g/mol. The molecule has 1 aromatic rings. The van der Waals surface area contributed by atoms with Crippen LogP contribution in [0.3, 0.4) is 0 Å². The predicted octanol–water partition coefficient (Wildman–Crippen LogP) is 1.86. The Bertz CT molecular complexity index is 350. The van der Waals surface area contributed by atoms with E-state index in [1.165, 1.54) is 10.7 Å². The lowest BCUT2D eigenvalue weighted by atomic mass is 10.1. The molecular formula is C13H23N3OS. The van der Waals surface area contributed by atoms with Gasteiger partial charge in [0.25, 0.3) is 0 Å². The fraction of sp³-hybridized carbons (Fsp3) is 0.769. The van der Waals surface area contributed by atoms with Crippen LogP contribution in [0.1, 0.15) is 30.5 Å². The SMILES string of the molecule is CCNCc1nc(CN(C)C2CCOCC2)cs1. The molecule has 0 radical (unpaired) electrons. The van der Waals surface area contributed by atoms with Gasteiger partial charge in [-0.1, -0.05) is 6.92 Å². The minimum Gasteiger partial charge on any atom is -0.381 e. The van der Waals surface area contributed by atoms with Crippen LogP contribution in [0.4, 0.5) is 0 Å². The van der Waals surface area contributed by atoms with Gasteiger partial charge < -0.3 is 10.1 Å². The molecule has 0 aromatic carbocycles. The molecule has 0 aliphatic carbocycles. The number of aromatic nitrogens is 1. The van der Waals surface area contributed by atoms with Crippen LogP contribution in [0, 0.1) is 0 Å². The lowest BCUT2D eigenvalue weighted by Crippen LogP contribution is -2.36. The second kappa shape index (κ2) is 7.19. The number of hydrogen-bond donors (Lipinski definition) is 1. The number of nitrogens with one attached hydrogen (secondary N) is 1. The van der Waals surface area contributed by atoms with E-state index < -0.39 is 0 Å². The van der Waals surface area contributed by atoms with Crippen molar-refractivity contribution in [1.82, 2.24) is 15.2 Å². The summed E-state index contributed by atoms with van der Waals surface area (Å²) in [5.74, 6) is 0. The molecule has 5 heteroatoms. The molecule has 0 amide bonds. The number of hydrogen-bond acceptors (Lipinski definition) is 5. The van der Waals surface area contributed by atoms with Crippen molar-refractivity contribution >= 4 is 11.3 Å². The largest absolute Gasteiger partial charge is 0.381 e. The van der Waals surface area contributed by atoms with Crippen molar-refractivity contribution in [3.8, 4) is 0 Å². The summed E-state index contributed by atoms with van der Waals surface area (Å²) in [6, 6.07) is 0.651. The van der Waals surface area contributed by atoms with E-state index in [0.717, 1.165) is 45.7 Å². The first-order chi connectivity index (χ1) is 8.79. The molecule has 2 rings (SSSR count). The summed E-state index contributed by atoms with van der Waals surface area (Å²) in [7, 11) is 2.19. The minimum atomic E-state index is 0.651. The minimum absolute atomic E-state index is 0.651. The maximum Gasteiger partial charge on any atom is 0.107 e. The molecule has 2 heterocycles. The molecule has 1 aliphatic heterocycles. The van der Waals surface area contributed by atoms with Gasteiger partial charge in [-0.2, -0.15) is 0 Å². The zero-order valence-electron chi connectivity index (χ0n) is 11.3. The summed E-state index contributed by atoms with van der Waals surface area (Å²) < 4.78 is 5.40. The summed E-state index contributed by atoms with van der Waals surface area (Å²) in [6.07, 6.45) is 2.29. The van der Waals surface area contributed by atoms with Gasteiger partial charge >= 0.3 is 0 Å². The van der Waals surface area contributed by atoms with Crippen molar-refractivity contribution in [2.75, 3.05) is 26.8 Å². The molecule has 0 bridgehead atoms. The fourth-order valence-electron chi connectivity index (χ4n) is 2.25. The molecule has 1 N–H and O–H groups in total. The molecule has 4 nitrogen and oxygen atoms in total. The van der Waals surface area contributed by atoms with Gasteiger partial charge in [0.05, 0.1) is 5.69 Å². The van der Waals surface area contributed by atoms with E-state index >= 15 is 0 Å². The van der Waals surface area contributed by atoms with Crippen LogP contribution >= 0.6 is 11.3 Å². The standard InChI is InChI=1S/C13H23N3OS/c1-3-14-8-13-15-11(10-18-13)9-16(2)12-4-6-17-7-5-12/h10,12,14H,3-9H2,1-2H3. The van der Waals surface area contributed by atoms with Crippen LogP contribution in [0.5, 0.6) is 0 Å². The Hall–Kier alpha value is -0.490. The summed E-state index contributed by atoms with van der Waals surface area (Å²) in [6.45, 7) is 6.76. The predicted molar refractivity (Wildman–Crippen MR) is 74.8 cm³/mol. The van der Waals surface area contributed by atoms with Crippen LogP contribution in [-0.2, 0) is 17.8 Å². The van der Waals surface area contributed by atoms with Crippen LogP contribution in [0.2, 0.25) is 0 Å². The van der Waals surface area contributed by atoms with Crippen LogP contribution in [0.25, 0.3) is 0 Å². The molecule has 0 spiro atoms.